The van der Waals surface area contributed by atoms with Gasteiger partial charge in [-0.1, -0.05) is 30.2 Å². The number of phenols is 1. The van der Waals surface area contributed by atoms with Gasteiger partial charge in [0.25, 0.3) is 0 Å². The SMILES string of the molecule is Oc1ccc(C#Cc2ccc3ccccc3n2)cc1. The van der Waals surface area contributed by atoms with Crippen LogP contribution < -0.4 is 0 Å². The van der Waals surface area contributed by atoms with Crippen molar-refractivity contribution in [2.45, 2.75) is 0 Å². The summed E-state index contributed by atoms with van der Waals surface area (Å²) in [5.74, 6) is 6.30. The Kier molecular flexibility index (Phi) is 2.88. The van der Waals surface area contributed by atoms with E-state index < -0.39 is 0 Å². The van der Waals surface area contributed by atoms with E-state index in [1.807, 2.05) is 36.4 Å². The Balaban J connectivity index is 1.95. The Labute approximate surface area is 111 Å². The highest BCUT2D eigenvalue weighted by atomic mass is 16.3. The summed E-state index contributed by atoms with van der Waals surface area (Å²) in [5.41, 5.74) is 2.54. The van der Waals surface area contributed by atoms with Crippen LogP contribution in [0.3, 0.4) is 0 Å². The van der Waals surface area contributed by atoms with E-state index in [1.54, 1.807) is 24.3 Å². The number of benzene rings is 2. The van der Waals surface area contributed by atoms with Crippen LogP contribution in [0, 0.1) is 11.8 Å². The second kappa shape index (κ2) is 4.83. The lowest BCUT2D eigenvalue weighted by Gasteiger charge is -1.96. The number of fused-ring (bicyclic) bond motifs is 1. The van der Waals surface area contributed by atoms with E-state index >= 15 is 0 Å². The molecule has 0 aliphatic carbocycles. The van der Waals surface area contributed by atoms with Crippen molar-refractivity contribution in [3.63, 3.8) is 0 Å². The standard InChI is InChI=1S/C17H11NO/c19-16-11-6-13(7-12-16)5-9-15-10-8-14-3-1-2-4-17(14)18-15/h1-4,6-8,10-12,19H. The fourth-order valence-corrected chi connectivity index (χ4v) is 1.82. The monoisotopic (exact) mass is 245 g/mol. The molecule has 2 aromatic carbocycles. The zero-order valence-electron chi connectivity index (χ0n) is 10.2. The Morgan fingerprint density at radius 2 is 1.58 bits per heavy atom. The summed E-state index contributed by atoms with van der Waals surface area (Å²) in [4.78, 5) is 4.48. The lowest BCUT2D eigenvalue weighted by atomic mass is 10.2. The Morgan fingerprint density at radius 1 is 0.789 bits per heavy atom. The average molecular weight is 245 g/mol. The molecule has 90 valence electrons. The Bertz CT molecular complexity index is 779. The molecule has 0 amide bonds. The van der Waals surface area contributed by atoms with Gasteiger partial charge in [0.1, 0.15) is 11.4 Å². The van der Waals surface area contributed by atoms with Crippen LogP contribution in [-0.4, -0.2) is 10.1 Å². The zero-order valence-corrected chi connectivity index (χ0v) is 10.2. The van der Waals surface area contributed by atoms with Crippen molar-refractivity contribution in [3.8, 4) is 17.6 Å². The van der Waals surface area contributed by atoms with E-state index in [-0.39, 0.29) is 5.75 Å². The molecule has 1 heterocycles. The van der Waals surface area contributed by atoms with Crippen LogP contribution in [0.1, 0.15) is 11.3 Å². The van der Waals surface area contributed by atoms with Gasteiger partial charge in [-0.3, -0.25) is 0 Å². The van der Waals surface area contributed by atoms with E-state index in [0.29, 0.717) is 0 Å². The molecule has 0 spiro atoms. The third-order valence-corrected chi connectivity index (χ3v) is 2.80. The number of aromatic hydroxyl groups is 1. The number of aromatic nitrogens is 1. The molecule has 19 heavy (non-hydrogen) atoms. The minimum Gasteiger partial charge on any atom is -0.508 e. The fraction of sp³-hybridized carbons (Fsp3) is 0. The van der Waals surface area contributed by atoms with Crippen LogP contribution >= 0.6 is 0 Å². The van der Waals surface area contributed by atoms with Gasteiger partial charge < -0.3 is 5.11 Å². The van der Waals surface area contributed by atoms with Crippen LogP contribution in [0.25, 0.3) is 10.9 Å². The van der Waals surface area contributed by atoms with E-state index in [0.717, 1.165) is 22.2 Å². The third-order valence-electron chi connectivity index (χ3n) is 2.80. The van der Waals surface area contributed by atoms with E-state index in [9.17, 15) is 5.11 Å². The molecule has 0 aliphatic rings. The van der Waals surface area contributed by atoms with Crippen molar-refractivity contribution in [1.82, 2.24) is 4.98 Å². The zero-order chi connectivity index (χ0) is 13.1. The quantitative estimate of drug-likeness (QED) is 0.616. The minimum absolute atomic E-state index is 0.245. The predicted octanol–water partition coefficient (Wildman–Crippen LogP) is 3.34. The Hall–Kier alpha value is -2.79. The van der Waals surface area contributed by atoms with Gasteiger partial charge in [-0.25, -0.2) is 4.98 Å². The first-order chi connectivity index (χ1) is 9.31. The van der Waals surface area contributed by atoms with Crippen molar-refractivity contribution >= 4 is 10.9 Å². The van der Waals surface area contributed by atoms with Crippen LogP contribution in [0.5, 0.6) is 5.75 Å². The predicted molar refractivity (Wildman–Crippen MR) is 75.8 cm³/mol. The maximum atomic E-state index is 9.20. The summed E-state index contributed by atoms with van der Waals surface area (Å²) in [5, 5.41) is 10.3. The number of hydrogen-bond acceptors (Lipinski definition) is 2. The van der Waals surface area contributed by atoms with Gasteiger partial charge in [-0.15, -0.1) is 0 Å². The van der Waals surface area contributed by atoms with Crippen molar-refractivity contribution in [2.75, 3.05) is 0 Å². The van der Waals surface area contributed by atoms with Gasteiger partial charge in [-0.05, 0) is 42.3 Å². The van der Waals surface area contributed by atoms with Crippen LogP contribution in [0.2, 0.25) is 0 Å². The van der Waals surface area contributed by atoms with Crippen LogP contribution in [-0.2, 0) is 0 Å². The highest BCUT2D eigenvalue weighted by molar-refractivity contribution is 5.78. The molecule has 0 bridgehead atoms. The summed E-state index contributed by atoms with van der Waals surface area (Å²) in [6.07, 6.45) is 0. The van der Waals surface area contributed by atoms with Crippen LogP contribution in [0.4, 0.5) is 0 Å². The van der Waals surface area contributed by atoms with Crippen LogP contribution in [0.15, 0.2) is 60.7 Å². The number of phenolic OH excluding ortho intramolecular Hbond substituents is 1. The molecule has 2 heteroatoms. The van der Waals surface area contributed by atoms with Gasteiger partial charge in [0.2, 0.25) is 0 Å². The molecule has 0 fully saturated rings. The summed E-state index contributed by atoms with van der Waals surface area (Å²) < 4.78 is 0. The van der Waals surface area contributed by atoms with Gasteiger partial charge in [-0.2, -0.15) is 0 Å². The Morgan fingerprint density at radius 3 is 2.42 bits per heavy atom. The first kappa shape index (κ1) is 11.3. The summed E-state index contributed by atoms with van der Waals surface area (Å²) in [6, 6.07) is 18.7. The molecule has 3 rings (SSSR count). The second-order valence-electron chi connectivity index (χ2n) is 4.19. The summed E-state index contributed by atoms with van der Waals surface area (Å²) in [7, 11) is 0. The molecule has 0 unspecified atom stereocenters. The molecule has 0 atom stereocenters. The third kappa shape index (κ3) is 2.56. The van der Waals surface area contributed by atoms with Gasteiger partial charge in [0.05, 0.1) is 5.52 Å². The topological polar surface area (TPSA) is 33.1 Å². The fourth-order valence-electron chi connectivity index (χ4n) is 1.82. The number of nitrogens with zero attached hydrogens (tertiary/aromatic N) is 1. The first-order valence-corrected chi connectivity index (χ1v) is 5.98. The van der Waals surface area contributed by atoms with Crippen molar-refractivity contribution in [3.05, 3.63) is 71.9 Å². The number of hydrogen-bond donors (Lipinski definition) is 1. The highest BCUT2D eigenvalue weighted by Gasteiger charge is 1.94. The maximum absolute atomic E-state index is 9.20. The van der Waals surface area contributed by atoms with E-state index in [1.165, 1.54) is 0 Å². The molecular weight excluding hydrogens is 234 g/mol. The van der Waals surface area contributed by atoms with E-state index in [4.69, 9.17) is 0 Å². The maximum Gasteiger partial charge on any atom is 0.115 e. The highest BCUT2D eigenvalue weighted by Crippen LogP contribution is 2.12. The molecule has 1 aromatic heterocycles. The largest absolute Gasteiger partial charge is 0.508 e. The first-order valence-electron chi connectivity index (χ1n) is 5.98. The van der Waals surface area contributed by atoms with Gasteiger partial charge >= 0.3 is 0 Å². The minimum atomic E-state index is 0.245. The van der Waals surface area contributed by atoms with E-state index in [2.05, 4.69) is 16.8 Å². The molecule has 3 aromatic rings. The normalized spacial score (nSPS) is 9.89. The van der Waals surface area contributed by atoms with Crippen molar-refractivity contribution < 1.29 is 5.11 Å². The lowest BCUT2D eigenvalue weighted by Crippen LogP contribution is -1.84. The molecule has 0 aliphatic heterocycles. The van der Waals surface area contributed by atoms with Gasteiger partial charge in [0.15, 0.2) is 0 Å². The van der Waals surface area contributed by atoms with Crippen molar-refractivity contribution in [1.29, 1.82) is 0 Å². The molecular formula is C17H11NO. The van der Waals surface area contributed by atoms with Crippen molar-refractivity contribution in [2.24, 2.45) is 0 Å². The molecule has 2 nitrogen and oxygen atoms in total. The number of pyridine rings is 1. The summed E-state index contributed by atoms with van der Waals surface area (Å²) in [6.45, 7) is 0. The number of para-hydroxylation sites is 1. The molecule has 0 saturated carbocycles. The van der Waals surface area contributed by atoms with Gasteiger partial charge in [0, 0.05) is 10.9 Å². The number of rotatable bonds is 0. The smallest absolute Gasteiger partial charge is 0.115 e. The average Bonchev–Trinajstić information content (AvgIpc) is 2.46. The lowest BCUT2D eigenvalue weighted by molar-refractivity contribution is 0.475. The molecule has 1 N–H and O–H groups in total. The summed E-state index contributed by atoms with van der Waals surface area (Å²) >= 11 is 0. The molecule has 0 saturated heterocycles. The second-order valence-corrected chi connectivity index (χ2v) is 4.19. The molecule has 0 radical (unpaired) electrons.